The van der Waals surface area contributed by atoms with Gasteiger partial charge in [-0.15, -0.1) is 0 Å². The van der Waals surface area contributed by atoms with Gasteiger partial charge in [0.25, 0.3) is 5.69 Å². The highest BCUT2D eigenvalue weighted by atomic mass is 35.5. The molecule has 0 aliphatic rings. The summed E-state index contributed by atoms with van der Waals surface area (Å²) < 4.78 is 4.79. The van der Waals surface area contributed by atoms with Crippen LogP contribution in [0.1, 0.15) is 0 Å². The largest absolute Gasteiger partial charge is 1.00 e. The summed E-state index contributed by atoms with van der Waals surface area (Å²) in [7, 11) is 1.38. The van der Waals surface area contributed by atoms with Gasteiger partial charge in [0.05, 0.1) is 12.0 Å². The van der Waals surface area contributed by atoms with Crippen LogP contribution < -0.4 is 17.1 Å². The number of hydrogen-bond donors (Lipinski definition) is 0. The Balaban J connectivity index is 0.00000169. The van der Waals surface area contributed by atoms with Crippen molar-refractivity contribution in [3.63, 3.8) is 0 Å². The molecule has 0 aliphatic carbocycles. The van der Waals surface area contributed by atoms with Gasteiger partial charge in [-0.2, -0.15) is 0 Å². The maximum absolute atomic E-state index is 10.3. The topological polar surface area (TPSA) is 80.5 Å². The maximum Gasteiger partial charge on any atom is 0.433 e. The molecule has 0 fully saturated rings. The van der Waals surface area contributed by atoms with Crippen molar-refractivity contribution in [3.8, 4) is 5.75 Å². The normalized spacial score (nSPS) is 8.29. The molecule has 74 valence electrons. The highest BCUT2D eigenvalue weighted by Crippen LogP contribution is 2.30. The zero-order chi connectivity index (χ0) is 9.84. The average molecular weight is 216 g/mol. The van der Waals surface area contributed by atoms with E-state index in [1.54, 1.807) is 0 Å². The molecular weight excluding hydrogens is 210 g/mol. The molecule has 1 aromatic rings. The van der Waals surface area contributed by atoms with E-state index < -0.39 is 4.92 Å². The third-order valence-corrected chi connectivity index (χ3v) is 1.48. The smallest absolute Gasteiger partial charge is 0.433 e. The lowest BCUT2D eigenvalue weighted by Crippen LogP contribution is -3.00. The van der Waals surface area contributed by atoms with Crippen LogP contribution >= 0.6 is 0 Å². The summed E-state index contributed by atoms with van der Waals surface area (Å²) >= 11 is 0. The van der Waals surface area contributed by atoms with E-state index in [9.17, 15) is 10.1 Å². The Morgan fingerprint density at radius 1 is 1.57 bits per heavy atom. The van der Waals surface area contributed by atoms with Crippen LogP contribution in [-0.4, -0.2) is 12.0 Å². The van der Waals surface area contributed by atoms with Crippen molar-refractivity contribution in [1.29, 1.82) is 5.39 Å². The molecule has 1 aromatic carbocycles. The second-order valence-corrected chi connectivity index (χ2v) is 2.21. The fourth-order valence-electron chi connectivity index (χ4n) is 0.870. The molecule has 14 heavy (non-hydrogen) atoms. The van der Waals surface area contributed by atoms with Gasteiger partial charge in [0, 0.05) is 6.07 Å². The van der Waals surface area contributed by atoms with Gasteiger partial charge >= 0.3 is 5.69 Å². The molecule has 0 radical (unpaired) electrons. The molecule has 0 saturated heterocycles. The van der Waals surface area contributed by atoms with Crippen LogP contribution in [0.5, 0.6) is 5.75 Å². The van der Waals surface area contributed by atoms with E-state index in [1.165, 1.54) is 19.2 Å². The first kappa shape index (κ1) is 12.1. The van der Waals surface area contributed by atoms with E-state index in [-0.39, 0.29) is 29.5 Å². The molecule has 1 rings (SSSR count). The molecule has 7 heteroatoms. The molecule has 0 unspecified atom stereocenters. The number of halogens is 1. The number of ether oxygens (including phenoxy) is 1. The number of non-ortho nitro benzene ring substituents is 1. The molecule has 0 N–H and O–H groups in total. The van der Waals surface area contributed by atoms with Gasteiger partial charge < -0.3 is 17.1 Å². The second-order valence-electron chi connectivity index (χ2n) is 2.21. The number of nitro groups is 1. The van der Waals surface area contributed by atoms with Crippen molar-refractivity contribution in [3.05, 3.63) is 33.3 Å². The first-order valence-corrected chi connectivity index (χ1v) is 3.36. The molecule has 0 aromatic heterocycles. The van der Waals surface area contributed by atoms with E-state index >= 15 is 0 Å². The number of nitrogens with zero attached hydrogens (tertiary/aromatic N) is 3. The number of benzene rings is 1. The molecule has 0 atom stereocenters. The molecule has 0 spiro atoms. The van der Waals surface area contributed by atoms with Crippen molar-refractivity contribution >= 4 is 11.4 Å². The highest BCUT2D eigenvalue weighted by molar-refractivity contribution is 5.61. The van der Waals surface area contributed by atoms with Crippen LogP contribution in [0.15, 0.2) is 18.2 Å². The lowest BCUT2D eigenvalue weighted by molar-refractivity contribution is -0.384. The Kier molecular flexibility index (Phi) is 4.32. The van der Waals surface area contributed by atoms with E-state index in [0.29, 0.717) is 0 Å². The van der Waals surface area contributed by atoms with Crippen LogP contribution in [0, 0.1) is 15.5 Å². The van der Waals surface area contributed by atoms with Crippen molar-refractivity contribution < 1.29 is 22.1 Å². The van der Waals surface area contributed by atoms with E-state index in [0.717, 1.165) is 6.07 Å². The van der Waals surface area contributed by atoms with Gasteiger partial charge in [-0.1, -0.05) is 0 Å². The first-order chi connectivity index (χ1) is 6.19. The van der Waals surface area contributed by atoms with Gasteiger partial charge in [0.2, 0.25) is 11.1 Å². The molecule has 0 bridgehead atoms. The number of diazo groups is 1. The molecular formula is C7H6ClN3O3. The number of nitro benzene ring substituents is 1. The summed E-state index contributed by atoms with van der Waals surface area (Å²) in [6.45, 7) is 0. The summed E-state index contributed by atoms with van der Waals surface area (Å²) in [5.74, 6) is 0.285. The average Bonchev–Trinajstić information content (AvgIpc) is 2.16. The lowest BCUT2D eigenvalue weighted by Gasteiger charge is -1.93. The number of rotatable bonds is 2. The first-order valence-electron chi connectivity index (χ1n) is 3.36. The Bertz CT molecular complexity index is 388. The minimum absolute atomic E-state index is 0. The van der Waals surface area contributed by atoms with Crippen molar-refractivity contribution in [1.82, 2.24) is 0 Å². The highest BCUT2D eigenvalue weighted by Gasteiger charge is 2.19. The predicted octanol–water partition coefficient (Wildman–Crippen LogP) is -0.908. The summed E-state index contributed by atoms with van der Waals surface area (Å²) in [5, 5.41) is 18.8. The van der Waals surface area contributed by atoms with E-state index in [1.807, 2.05) is 0 Å². The standard InChI is InChI=1S/C7H6N3O3.ClH/c1-13-7-3-2-5(10(11)12)4-6(7)9-8;/h2-4H,1H3;1H/q+1;/p-1. The molecule has 0 heterocycles. The number of methoxy groups -OCH3 is 1. The molecule has 0 aliphatic heterocycles. The van der Waals surface area contributed by atoms with Crippen LogP contribution in [0.3, 0.4) is 0 Å². The van der Waals surface area contributed by atoms with Gasteiger partial charge in [0.1, 0.15) is 6.07 Å². The molecule has 6 nitrogen and oxygen atoms in total. The van der Waals surface area contributed by atoms with Crippen molar-refractivity contribution in [2.75, 3.05) is 7.11 Å². The van der Waals surface area contributed by atoms with Gasteiger partial charge in [-0.25, -0.2) is 0 Å². The van der Waals surface area contributed by atoms with E-state index in [4.69, 9.17) is 10.1 Å². The zero-order valence-corrected chi connectivity index (χ0v) is 7.93. The SMILES string of the molecule is COc1ccc([N+](=O)[O-])cc1[N+]#N.[Cl-]. The summed E-state index contributed by atoms with van der Waals surface area (Å²) in [6, 6.07) is 3.76. The van der Waals surface area contributed by atoms with Crippen LogP contribution in [0.2, 0.25) is 0 Å². The van der Waals surface area contributed by atoms with E-state index in [2.05, 4.69) is 4.98 Å². The van der Waals surface area contributed by atoms with Crippen molar-refractivity contribution in [2.45, 2.75) is 0 Å². The van der Waals surface area contributed by atoms with Gasteiger partial charge in [-0.05, 0) is 6.07 Å². The number of hydrogen-bond acceptors (Lipinski definition) is 4. The van der Waals surface area contributed by atoms with Crippen LogP contribution in [0.25, 0.3) is 4.98 Å². The fraction of sp³-hybridized carbons (Fsp3) is 0.143. The van der Waals surface area contributed by atoms with Gasteiger partial charge in [0.15, 0.2) is 4.98 Å². The minimum atomic E-state index is -0.575. The van der Waals surface area contributed by atoms with Crippen molar-refractivity contribution in [2.24, 2.45) is 0 Å². The van der Waals surface area contributed by atoms with Gasteiger partial charge in [-0.3, -0.25) is 10.1 Å². The Morgan fingerprint density at radius 3 is 2.64 bits per heavy atom. The maximum atomic E-state index is 10.3. The summed E-state index contributed by atoms with van der Waals surface area (Å²) in [5.41, 5.74) is -0.106. The Hall–Kier alpha value is -1.87. The monoisotopic (exact) mass is 215 g/mol. The quantitative estimate of drug-likeness (QED) is 0.364. The lowest BCUT2D eigenvalue weighted by atomic mass is 10.2. The summed E-state index contributed by atoms with van der Waals surface area (Å²) in [6.07, 6.45) is 0. The van der Waals surface area contributed by atoms with Crippen LogP contribution in [-0.2, 0) is 0 Å². The Morgan fingerprint density at radius 2 is 2.21 bits per heavy atom. The minimum Gasteiger partial charge on any atom is -1.00 e. The molecule has 0 saturated carbocycles. The third kappa shape index (κ3) is 2.31. The zero-order valence-electron chi connectivity index (χ0n) is 7.18. The molecule has 0 amide bonds. The fourth-order valence-corrected chi connectivity index (χ4v) is 0.870. The Labute approximate surface area is 85.7 Å². The van der Waals surface area contributed by atoms with Crippen LogP contribution in [0.4, 0.5) is 11.4 Å². The third-order valence-electron chi connectivity index (χ3n) is 1.48. The second kappa shape index (κ2) is 4.99. The predicted molar refractivity (Wildman–Crippen MR) is 44.4 cm³/mol. The summed E-state index contributed by atoms with van der Waals surface area (Å²) in [4.78, 5) is 12.6.